The molecule has 1 atom stereocenters. The average molecular weight is 401 g/mol. The number of anilines is 1. The van der Waals surface area contributed by atoms with Gasteiger partial charge in [-0.2, -0.15) is 0 Å². The fraction of sp³-hybridized carbons (Fsp3) is 0.200. The highest BCUT2D eigenvalue weighted by atomic mass is 16.5. The van der Waals surface area contributed by atoms with Crippen LogP contribution in [-0.2, 0) is 10.4 Å². The fourth-order valence-electron chi connectivity index (χ4n) is 3.82. The normalized spacial score (nSPS) is 17.7. The topological polar surface area (TPSA) is 66.8 Å². The number of amides is 1. The molecule has 3 aromatic carbocycles. The van der Waals surface area contributed by atoms with Crippen molar-refractivity contribution in [1.29, 1.82) is 0 Å². The summed E-state index contributed by atoms with van der Waals surface area (Å²) < 4.78 is 5.84. The number of benzene rings is 3. The van der Waals surface area contributed by atoms with E-state index in [2.05, 4.69) is 0 Å². The van der Waals surface area contributed by atoms with Gasteiger partial charge in [0.2, 0.25) is 0 Å². The van der Waals surface area contributed by atoms with Gasteiger partial charge in [-0.25, -0.2) is 0 Å². The Hall–Kier alpha value is -3.44. The maximum absolute atomic E-state index is 13.2. The Morgan fingerprint density at radius 2 is 1.63 bits per heavy atom. The minimum absolute atomic E-state index is 0.270. The molecule has 152 valence electrons. The van der Waals surface area contributed by atoms with Crippen LogP contribution in [0.5, 0.6) is 5.75 Å². The van der Waals surface area contributed by atoms with Crippen LogP contribution in [0.1, 0.15) is 27.9 Å². The zero-order chi connectivity index (χ0) is 21.1. The van der Waals surface area contributed by atoms with E-state index in [0.29, 0.717) is 16.8 Å². The number of hydrogen-bond acceptors (Lipinski definition) is 4. The smallest absolute Gasteiger partial charge is 0.264 e. The van der Waals surface area contributed by atoms with Crippen molar-refractivity contribution >= 4 is 17.4 Å². The number of carbonyl (C=O) groups excluding carboxylic acids is 2. The number of carbonyl (C=O) groups is 2. The van der Waals surface area contributed by atoms with Crippen LogP contribution in [0.15, 0.2) is 78.9 Å². The number of para-hydroxylation sites is 2. The molecule has 0 radical (unpaired) electrons. The predicted octanol–water partition coefficient (Wildman–Crippen LogP) is 3.88. The number of aliphatic hydroxyl groups is 1. The number of rotatable bonds is 7. The molecule has 0 bridgehead atoms. The molecule has 0 aromatic heterocycles. The summed E-state index contributed by atoms with van der Waals surface area (Å²) in [7, 11) is 0. The molecule has 1 N–H and O–H groups in total. The molecule has 3 aromatic rings. The minimum atomic E-state index is -1.88. The Morgan fingerprint density at radius 3 is 2.40 bits per heavy atom. The Bertz CT molecular complexity index is 1080. The molecule has 0 saturated carbocycles. The van der Waals surface area contributed by atoms with E-state index in [4.69, 9.17) is 4.74 Å². The number of Topliss-reactive ketones (excluding diaryl/α,β-unsaturated/α-hetero) is 1. The summed E-state index contributed by atoms with van der Waals surface area (Å²) in [5.41, 5.74) is 0.661. The maximum atomic E-state index is 13.2. The molecule has 1 aliphatic rings. The molecule has 0 spiro atoms. The Morgan fingerprint density at radius 1 is 0.967 bits per heavy atom. The van der Waals surface area contributed by atoms with Gasteiger partial charge in [0.25, 0.3) is 5.91 Å². The number of ketones is 1. The maximum Gasteiger partial charge on any atom is 0.264 e. The summed E-state index contributed by atoms with van der Waals surface area (Å²) in [5, 5.41) is 11.3. The van der Waals surface area contributed by atoms with Gasteiger partial charge in [0.1, 0.15) is 12.4 Å². The second-order valence-electron chi connectivity index (χ2n) is 7.41. The van der Waals surface area contributed by atoms with E-state index >= 15 is 0 Å². The van der Waals surface area contributed by atoms with Gasteiger partial charge in [0.15, 0.2) is 11.4 Å². The molecule has 1 aliphatic heterocycles. The lowest BCUT2D eigenvalue weighted by atomic mass is 9.88. The fourth-order valence-corrected chi connectivity index (χ4v) is 3.82. The minimum Gasteiger partial charge on any atom is -0.491 e. The van der Waals surface area contributed by atoms with Crippen molar-refractivity contribution in [2.75, 3.05) is 18.1 Å². The van der Waals surface area contributed by atoms with E-state index in [0.717, 1.165) is 11.3 Å². The molecule has 0 unspecified atom stereocenters. The molecular weight excluding hydrogens is 378 g/mol. The predicted molar refractivity (Wildman–Crippen MR) is 115 cm³/mol. The second-order valence-corrected chi connectivity index (χ2v) is 7.41. The first kappa shape index (κ1) is 19.9. The Kier molecular flexibility index (Phi) is 5.38. The van der Waals surface area contributed by atoms with Crippen LogP contribution in [-0.4, -0.2) is 29.9 Å². The lowest BCUT2D eigenvalue weighted by Gasteiger charge is -2.23. The SMILES string of the molecule is Cc1ccccc1OCCN1C(=O)[C@@](O)(CC(=O)c2ccccc2)c2ccccc21. The Balaban J connectivity index is 1.54. The van der Waals surface area contributed by atoms with Gasteiger partial charge in [0, 0.05) is 11.1 Å². The van der Waals surface area contributed by atoms with Crippen LogP contribution in [0, 0.1) is 6.92 Å². The van der Waals surface area contributed by atoms with E-state index in [9.17, 15) is 14.7 Å². The van der Waals surface area contributed by atoms with E-state index in [-0.39, 0.29) is 25.4 Å². The highest BCUT2D eigenvalue weighted by Gasteiger charge is 2.50. The van der Waals surface area contributed by atoms with Crippen molar-refractivity contribution < 1.29 is 19.4 Å². The molecule has 0 saturated heterocycles. The van der Waals surface area contributed by atoms with Crippen molar-refractivity contribution in [1.82, 2.24) is 0 Å². The van der Waals surface area contributed by atoms with Crippen molar-refractivity contribution in [2.45, 2.75) is 18.9 Å². The molecule has 5 nitrogen and oxygen atoms in total. The summed E-state index contributed by atoms with van der Waals surface area (Å²) in [6.07, 6.45) is -0.304. The van der Waals surface area contributed by atoms with E-state index in [1.807, 2.05) is 43.3 Å². The molecular formula is C25H23NO4. The van der Waals surface area contributed by atoms with Crippen molar-refractivity contribution in [3.8, 4) is 5.75 Å². The van der Waals surface area contributed by atoms with Gasteiger partial charge >= 0.3 is 0 Å². The monoisotopic (exact) mass is 401 g/mol. The van der Waals surface area contributed by atoms with E-state index in [1.54, 1.807) is 42.5 Å². The number of aryl methyl sites for hydroxylation is 1. The van der Waals surface area contributed by atoms with Crippen molar-refractivity contribution in [3.05, 3.63) is 95.6 Å². The zero-order valence-corrected chi connectivity index (χ0v) is 16.7. The molecule has 1 amide bonds. The average Bonchev–Trinajstić information content (AvgIpc) is 2.97. The highest BCUT2D eigenvalue weighted by molar-refractivity contribution is 6.10. The number of nitrogens with zero attached hydrogens (tertiary/aromatic N) is 1. The number of fused-ring (bicyclic) bond motifs is 1. The molecule has 0 aliphatic carbocycles. The summed E-state index contributed by atoms with van der Waals surface area (Å²) in [6.45, 7) is 2.50. The van der Waals surface area contributed by atoms with Gasteiger partial charge in [-0.1, -0.05) is 66.7 Å². The number of ether oxygens (including phenoxy) is 1. The van der Waals surface area contributed by atoms with Crippen molar-refractivity contribution in [3.63, 3.8) is 0 Å². The summed E-state index contributed by atoms with van der Waals surface area (Å²) in [5.74, 6) is -0.0208. The first-order valence-corrected chi connectivity index (χ1v) is 9.91. The van der Waals surface area contributed by atoms with Crippen LogP contribution < -0.4 is 9.64 Å². The first-order valence-electron chi connectivity index (χ1n) is 9.91. The van der Waals surface area contributed by atoms with Crippen LogP contribution in [0.25, 0.3) is 0 Å². The molecule has 1 heterocycles. The quantitative estimate of drug-likeness (QED) is 0.610. The van der Waals surface area contributed by atoms with E-state index < -0.39 is 11.5 Å². The highest BCUT2D eigenvalue weighted by Crippen LogP contribution is 2.42. The van der Waals surface area contributed by atoms with Crippen LogP contribution in [0.3, 0.4) is 0 Å². The van der Waals surface area contributed by atoms with Crippen LogP contribution in [0.2, 0.25) is 0 Å². The zero-order valence-electron chi connectivity index (χ0n) is 16.7. The third kappa shape index (κ3) is 3.60. The third-order valence-corrected chi connectivity index (χ3v) is 5.42. The van der Waals surface area contributed by atoms with Gasteiger partial charge in [-0.15, -0.1) is 0 Å². The van der Waals surface area contributed by atoms with Gasteiger partial charge < -0.3 is 14.7 Å². The van der Waals surface area contributed by atoms with Crippen molar-refractivity contribution in [2.24, 2.45) is 0 Å². The summed E-state index contributed by atoms with van der Waals surface area (Å²) in [6, 6.07) is 23.4. The lowest BCUT2D eigenvalue weighted by molar-refractivity contribution is -0.135. The summed E-state index contributed by atoms with van der Waals surface area (Å²) >= 11 is 0. The first-order chi connectivity index (χ1) is 14.5. The number of hydrogen-bond donors (Lipinski definition) is 1. The van der Waals surface area contributed by atoms with E-state index in [1.165, 1.54) is 4.90 Å². The molecule has 30 heavy (non-hydrogen) atoms. The largest absolute Gasteiger partial charge is 0.491 e. The molecule has 4 rings (SSSR count). The van der Waals surface area contributed by atoms with Gasteiger partial charge in [-0.05, 0) is 24.6 Å². The molecule has 0 fully saturated rings. The van der Waals surface area contributed by atoms with Gasteiger partial charge in [-0.3, -0.25) is 9.59 Å². The Labute approximate surface area is 175 Å². The standard InChI is InChI=1S/C25H23NO4/c1-18-9-5-8-14-23(18)30-16-15-26-21-13-7-6-12-20(21)25(29,24(26)28)17-22(27)19-10-3-2-4-11-19/h2-14,29H,15-17H2,1H3/t25-/m1/s1. The lowest BCUT2D eigenvalue weighted by Crippen LogP contribution is -2.43. The molecule has 5 heteroatoms. The van der Waals surface area contributed by atoms with Crippen LogP contribution >= 0.6 is 0 Å². The van der Waals surface area contributed by atoms with Gasteiger partial charge in [0.05, 0.1) is 18.7 Å². The second kappa shape index (κ2) is 8.13. The van der Waals surface area contributed by atoms with Crippen LogP contribution in [0.4, 0.5) is 5.69 Å². The third-order valence-electron chi connectivity index (χ3n) is 5.42. The summed E-state index contributed by atoms with van der Waals surface area (Å²) in [4.78, 5) is 27.5.